The summed E-state index contributed by atoms with van der Waals surface area (Å²) in [7, 11) is 0. The molecule has 1 aliphatic rings. The fourth-order valence-electron chi connectivity index (χ4n) is 2.72. The van der Waals surface area contributed by atoms with Crippen molar-refractivity contribution >= 4 is 34.8 Å². The van der Waals surface area contributed by atoms with Crippen LogP contribution in [0.3, 0.4) is 0 Å². The first-order valence-electron chi connectivity index (χ1n) is 7.42. The molecule has 1 atom stereocenters. The average molecular weight is 329 g/mol. The van der Waals surface area contributed by atoms with Gasteiger partial charge in [0.25, 0.3) is 5.91 Å². The van der Waals surface area contributed by atoms with E-state index < -0.39 is 6.04 Å². The molecule has 0 bridgehead atoms. The van der Waals surface area contributed by atoms with Gasteiger partial charge in [0, 0.05) is 10.7 Å². The third kappa shape index (κ3) is 3.08. The number of anilines is 2. The number of carbonyl (C=O) groups excluding carboxylic acids is 2. The van der Waals surface area contributed by atoms with E-state index in [2.05, 4.69) is 5.32 Å². The molecule has 0 radical (unpaired) electrons. The maximum atomic E-state index is 12.6. The minimum atomic E-state index is -0.541. The first-order chi connectivity index (χ1) is 11.0. The van der Waals surface area contributed by atoms with E-state index in [1.165, 1.54) is 4.90 Å². The first kappa shape index (κ1) is 15.6. The van der Waals surface area contributed by atoms with Crippen LogP contribution in [0.1, 0.15) is 17.5 Å². The number of halogens is 1. The Morgan fingerprint density at radius 3 is 2.43 bits per heavy atom. The number of nitrogens with zero attached hydrogens (tertiary/aromatic N) is 1. The van der Waals surface area contributed by atoms with Crippen LogP contribution in [0.25, 0.3) is 0 Å². The van der Waals surface area contributed by atoms with E-state index in [-0.39, 0.29) is 18.2 Å². The summed E-state index contributed by atoms with van der Waals surface area (Å²) in [6, 6.07) is 12.3. The lowest BCUT2D eigenvalue weighted by Gasteiger charge is -2.18. The summed E-state index contributed by atoms with van der Waals surface area (Å²) in [5, 5.41) is 3.72. The highest BCUT2D eigenvalue weighted by atomic mass is 35.5. The summed E-state index contributed by atoms with van der Waals surface area (Å²) in [5.74, 6) is -0.439. The predicted octanol–water partition coefficient (Wildman–Crippen LogP) is 3.70. The second-order valence-corrected chi connectivity index (χ2v) is 6.20. The number of benzene rings is 2. The van der Waals surface area contributed by atoms with Gasteiger partial charge in [-0.05, 0) is 49.7 Å². The summed E-state index contributed by atoms with van der Waals surface area (Å²) in [5.41, 5.74) is 3.37. The lowest BCUT2D eigenvalue weighted by atomic mass is 10.2. The van der Waals surface area contributed by atoms with Crippen LogP contribution in [0.2, 0.25) is 5.02 Å². The van der Waals surface area contributed by atoms with Gasteiger partial charge in [-0.3, -0.25) is 9.59 Å². The molecule has 1 N–H and O–H groups in total. The van der Waals surface area contributed by atoms with Crippen molar-refractivity contribution in [3.05, 3.63) is 58.6 Å². The molecule has 0 aliphatic carbocycles. The summed E-state index contributed by atoms with van der Waals surface area (Å²) < 4.78 is 0. The van der Waals surface area contributed by atoms with E-state index in [0.29, 0.717) is 10.7 Å². The number of nitrogens with one attached hydrogen (secondary N) is 1. The van der Waals surface area contributed by atoms with Crippen molar-refractivity contribution in [2.75, 3.05) is 10.2 Å². The van der Waals surface area contributed by atoms with Gasteiger partial charge < -0.3 is 5.32 Å². The molecule has 0 aromatic heterocycles. The van der Waals surface area contributed by atoms with Gasteiger partial charge in [0.05, 0.1) is 12.1 Å². The Morgan fingerprint density at radius 1 is 1.09 bits per heavy atom. The molecule has 2 amide bonds. The maximum Gasteiger partial charge on any atom is 0.256 e. The van der Waals surface area contributed by atoms with Crippen molar-refractivity contribution in [1.29, 1.82) is 0 Å². The monoisotopic (exact) mass is 328 g/mol. The lowest BCUT2D eigenvalue weighted by Crippen LogP contribution is -2.35. The molecule has 3 rings (SSSR count). The van der Waals surface area contributed by atoms with E-state index in [1.807, 2.05) is 38.1 Å². The van der Waals surface area contributed by atoms with Crippen molar-refractivity contribution in [2.24, 2.45) is 0 Å². The normalized spacial score (nSPS) is 17.7. The Kier molecular flexibility index (Phi) is 4.09. The molecule has 1 heterocycles. The predicted molar refractivity (Wildman–Crippen MR) is 91.9 cm³/mol. The van der Waals surface area contributed by atoms with Crippen molar-refractivity contribution in [3.8, 4) is 0 Å². The molecular formula is C18H17ClN2O2. The molecule has 0 saturated carbocycles. The quantitative estimate of drug-likeness (QED) is 0.874. The van der Waals surface area contributed by atoms with Crippen molar-refractivity contribution < 1.29 is 9.59 Å². The van der Waals surface area contributed by atoms with Crippen LogP contribution >= 0.6 is 11.6 Å². The zero-order chi connectivity index (χ0) is 16.6. The Hall–Kier alpha value is -2.33. The number of hydrogen-bond donors (Lipinski definition) is 1. The van der Waals surface area contributed by atoms with E-state index in [4.69, 9.17) is 11.6 Å². The van der Waals surface area contributed by atoms with Gasteiger partial charge in [-0.25, -0.2) is 4.90 Å². The molecular weight excluding hydrogens is 312 g/mol. The Morgan fingerprint density at radius 2 is 1.78 bits per heavy atom. The highest BCUT2D eigenvalue weighted by molar-refractivity contribution is 6.31. The van der Waals surface area contributed by atoms with Crippen LogP contribution in [0.15, 0.2) is 42.5 Å². The summed E-state index contributed by atoms with van der Waals surface area (Å²) in [6.07, 6.45) is 0.148. The molecule has 0 spiro atoms. The lowest BCUT2D eigenvalue weighted by molar-refractivity contribution is -0.121. The molecule has 1 aliphatic heterocycles. The minimum Gasteiger partial charge on any atom is -0.373 e. The van der Waals surface area contributed by atoms with E-state index in [9.17, 15) is 9.59 Å². The van der Waals surface area contributed by atoms with Crippen molar-refractivity contribution in [3.63, 3.8) is 0 Å². The zero-order valence-corrected chi connectivity index (χ0v) is 13.7. The Bertz CT molecular complexity index is 771. The van der Waals surface area contributed by atoms with Crippen LogP contribution in [-0.4, -0.2) is 17.9 Å². The smallest absolute Gasteiger partial charge is 0.256 e. The van der Waals surface area contributed by atoms with Crippen molar-refractivity contribution in [2.45, 2.75) is 26.3 Å². The number of amides is 2. The fraction of sp³-hybridized carbons (Fsp3) is 0.222. The van der Waals surface area contributed by atoms with Crippen molar-refractivity contribution in [1.82, 2.24) is 0 Å². The van der Waals surface area contributed by atoms with E-state index >= 15 is 0 Å². The van der Waals surface area contributed by atoms with Gasteiger partial charge in [0.1, 0.15) is 6.04 Å². The van der Waals surface area contributed by atoms with Gasteiger partial charge in [0.15, 0.2) is 0 Å². The number of carbonyl (C=O) groups is 2. The standard InChI is InChI=1S/C18H17ClN2O2/c1-11-3-6-14(7-4-11)20-15-10-17(22)21(18(15)23)16-8-5-13(19)9-12(16)2/h3-9,15,20H,10H2,1-2H3/t15-/m0/s1. The SMILES string of the molecule is Cc1ccc(N[C@H]2CC(=O)N(c3ccc(Cl)cc3C)C2=O)cc1. The third-order valence-corrected chi connectivity index (χ3v) is 4.17. The summed E-state index contributed by atoms with van der Waals surface area (Å²) in [6.45, 7) is 3.83. The molecule has 0 unspecified atom stereocenters. The van der Waals surface area contributed by atoms with E-state index in [0.717, 1.165) is 16.8 Å². The maximum absolute atomic E-state index is 12.6. The summed E-state index contributed by atoms with van der Waals surface area (Å²) in [4.78, 5) is 26.2. The van der Waals surface area contributed by atoms with E-state index in [1.54, 1.807) is 18.2 Å². The number of rotatable bonds is 3. The molecule has 1 fully saturated rings. The topological polar surface area (TPSA) is 49.4 Å². The minimum absolute atomic E-state index is 0.148. The molecule has 5 heteroatoms. The van der Waals surface area contributed by atoms with Crippen LogP contribution in [-0.2, 0) is 9.59 Å². The number of imide groups is 1. The van der Waals surface area contributed by atoms with Crippen LogP contribution in [0, 0.1) is 13.8 Å². The molecule has 1 saturated heterocycles. The molecule has 2 aromatic rings. The van der Waals surface area contributed by atoms with Crippen LogP contribution in [0.4, 0.5) is 11.4 Å². The second kappa shape index (κ2) is 6.05. The fourth-order valence-corrected chi connectivity index (χ4v) is 2.95. The highest BCUT2D eigenvalue weighted by Gasteiger charge is 2.40. The Labute approximate surface area is 140 Å². The molecule has 23 heavy (non-hydrogen) atoms. The van der Waals surface area contributed by atoms with Gasteiger partial charge in [-0.15, -0.1) is 0 Å². The largest absolute Gasteiger partial charge is 0.373 e. The van der Waals surface area contributed by atoms with Gasteiger partial charge in [0.2, 0.25) is 5.91 Å². The average Bonchev–Trinajstić information content (AvgIpc) is 2.77. The van der Waals surface area contributed by atoms with Gasteiger partial charge >= 0.3 is 0 Å². The summed E-state index contributed by atoms with van der Waals surface area (Å²) >= 11 is 5.94. The van der Waals surface area contributed by atoms with Gasteiger partial charge in [-0.2, -0.15) is 0 Å². The highest BCUT2D eigenvalue weighted by Crippen LogP contribution is 2.29. The Balaban J connectivity index is 1.83. The first-order valence-corrected chi connectivity index (χ1v) is 7.79. The molecule has 118 valence electrons. The van der Waals surface area contributed by atoms with Crippen LogP contribution < -0.4 is 10.2 Å². The number of aryl methyl sites for hydroxylation is 2. The van der Waals surface area contributed by atoms with Gasteiger partial charge in [-0.1, -0.05) is 29.3 Å². The third-order valence-electron chi connectivity index (χ3n) is 3.94. The molecule has 2 aromatic carbocycles. The molecule has 4 nitrogen and oxygen atoms in total. The number of hydrogen-bond acceptors (Lipinski definition) is 3. The second-order valence-electron chi connectivity index (χ2n) is 5.77. The van der Waals surface area contributed by atoms with Crippen LogP contribution in [0.5, 0.6) is 0 Å². The zero-order valence-electron chi connectivity index (χ0n) is 13.0.